The van der Waals surface area contributed by atoms with Crippen LogP contribution in [0.2, 0.25) is 0 Å². The highest BCUT2D eigenvalue weighted by Gasteiger charge is 2.28. The number of amides is 1. The third-order valence-electron chi connectivity index (χ3n) is 5.44. The van der Waals surface area contributed by atoms with E-state index in [2.05, 4.69) is 28.6 Å². The zero-order chi connectivity index (χ0) is 18.7. The van der Waals surface area contributed by atoms with Crippen LogP contribution >= 0.6 is 0 Å². The molecule has 0 aromatic carbocycles. The first-order valence-corrected chi connectivity index (χ1v) is 9.97. The second kappa shape index (κ2) is 7.80. The Morgan fingerprint density at radius 1 is 1.08 bits per heavy atom. The highest BCUT2D eigenvalue weighted by atomic mass is 16.2. The van der Waals surface area contributed by atoms with Crippen molar-refractivity contribution in [3.8, 4) is 0 Å². The Hall–Kier alpha value is -1.85. The molecule has 144 valence electrons. The van der Waals surface area contributed by atoms with Gasteiger partial charge >= 0.3 is 0 Å². The molecule has 6 nitrogen and oxygen atoms in total. The van der Waals surface area contributed by atoms with Crippen LogP contribution < -0.4 is 9.80 Å². The quantitative estimate of drug-likeness (QED) is 0.831. The first-order valence-electron chi connectivity index (χ1n) is 9.97. The van der Waals surface area contributed by atoms with E-state index < -0.39 is 0 Å². The Morgan fingerprint density at radius 3 is 2.58 bits per heavy atom. The van der Waals surface area contributed by atoms with E-state index in [1.165, 1.54) is 12.8 Å². The van der Waals surface area contributed by atoms with Crippen LogP contribution in [-0.4, -0.2) is 60.0 Å². The van der Waals surface area contributed by atoms with E-state index in [0.717, 1.165) is 57.5 Å². The molecule has 0 aliphatic carbocycles. The molecule has 3 rings (SSSR count). The van der Waals surface area contributed by atoms with Crippen LogP contribution in [0.5, 0.6) is 0 Å². The number of hydrogen-bond acceptors (Lipinski definition) is 5. The third-order valence-corrected chi connectivity index (χ3v) is 5.44. The van der Waals surface area contributed by atoms with Gasteiger partial charge in [0.1, 0.15) is 5.82 Å². The number of carbonyl (C=O) groups excluding carboxylic acids is 1. The number of hydrogen-bond donors (Lipinski definition) is 0. The van der Waals surface area contributed by atoms with Gasteiger partial charge in [0.05, 0.1) is 0 Å². The lowest BCUT2D eigenvalue weighted by Gasteiger charge is -2.38. The molecule has 1 aromatic heterocycles. The summed E-state index contributed by atoms with van der Waals surface area (Å²) < 4.78 is 0. The Bertz CT molecular complexity index is 630. The number of rotatable bonds is 3. The van der Waals surface area contributed by atoms with Crippen LogP contribution in [0.25, 0.3) is 0 Å². The Morgan fingerprint density at radius 2 is 1.85 bits per heavy atom. The summed E-state index contributed by atoms with van der Waals surface area (Å²) in [6.45, 7) is 14.0. The maximum Gasteiger partial charge on any atom is 0.227 e. The first kappa shape index (κ1) is 18.9. The zero-order valence-electron chi connectivity index (χ0n) is 16.7. The molecule has 2 fully saturated rings. The summed E-state index contributed by atoms with van der Waals surface area (Å²) in [6.07, 6.45) is 5.32. The van der Waals surface area contributed by atoms with Gasteiger partial charge in [-0.3, -0.25) is 4.79 Å². The second-order valence-corrected chi connectivity index (χ2v) is 8.72. The Labute approximate surface area is 157 Å². The Kier molecular flexibility index (Phi) is 5.68. The standard InChI is InChI=1S/C20H33N5O/c1-16(2)18(26)23-11-6-12-24(14-13-23)19-21-9-7-17(22-19)25-10-5-8-20(3,4)15-25/h7,9,16H,5-6,8,10-15H2,1-4H3. The van der Waals surface area contributed by atoms with Crippen molar-refractivity contribution in [2.45, 2.75) is 47.0 Å². The van der Waals surface area contributed by atoms with E-state index in [-0.39, 0.29) is 11.8 Å². The molecule has 2 aliphatic rings. The summed E-state index contributed by atoms with van der Waals surface area (Å²) in [5.41, 5.74) is 0.337. The van der Waals surface area contributed by atoms with Crippen molar-refractivity contribution in [3.63, 3.8) is 0 Å². The second-order valence-electron chi connectivity index (χ2n) is 8.72. The Balaban J connectivity index is 1.69. The molecule has 26 heavy (non-hydrogen) atoms. The fourth-order valence-corrected chi connectivity index (χ4v) is 3.99. The molecule has 1 aromatic rings. The van der Waals surface area contributed by atoms with Crippen LogP contribution in [0.15, 0.2) is 12.3 Å². The fraction of sp³-hybridized carbons (Fsp3) is 0.750. The van der Waals surface area contributed by atoms with Gasteiger partial charge in [-0.1, -0.05) is 27.7 Å². The van der Waals surface area contributed by atoms with Crippen molar-refractivity contribution in [2.75, 3.05) is 49.1 Å². The van der Waals surface area contributed by atoms with Crippen LogP contribution in [0.4, 0.5) is 11.8 Å². The number of nitrogens with zero attached hydrogens (tertiary/aromatic N) is 5. The molecular formula is C20H33N5O. The van der Waals surface area contributed by atoms with Gasteiger partial charge in [-0.25, -0.2) is 4.98 Å². The summed E-state index contributed by atoms with van der Waals surface area (Å²) in [6, 6.07) is 2.03. The molecule has 3 heterocycles. The minimum atomic E-state index is 0.0589. The van der Waals surface area contributed by atoms with Crippen molar-refractivity contribution >= 4 is 17.7 Å². The van der Waals surface area contributed by atoms with Gasteiger partial charge in [-0.2, -0.15) is 4.98 Å². The molecule has 0 radical (unpaired) electrons. The molecule has 0 N–H and O–H groups in total. The lowest BCUT2D eigenvalue weighted by atomic mass is 9.84. The van der Waals surface area contributed by atoms with E-state index in [0.29, 0.717) is 5.41 Å². The van der Waals surface area contributed by atoms with Crippen molar-refractivity contribution in [2.24, 2.45) is 11.3 Å². The minimum Gasteiger partial charge on any atom is -0.356 e. The molecule has 2 aliphatic heterocycles. The largest absolute Gasteiger partial charge is 0.356 e. The van der Waals surface area contributed by atoms with Crippen molar-refractivity contribution < 1.29 is 4.79 Å². The van der Waals surface area contributed by atoms with Gasteiger partial charge in [-0.05, 0) is 30.7 Å². The smallest absolute Gasteiger partial charge is 0.227 e. The van der Waals surface area contributed by atoms with Crippen LogP contribution in [-0.2, 0) is 4.79 Å². The van der Waals surface area contributed by atoms with Crippen LogP contribution in [0.1, 0.15) is 47.0 Å². The van der Waals surface area contributed by atoms with E-state index in [1.54, 1.807) is 0 Å². The lowest BCUT2D eigenvalue weighted by Crippen LogP contribution is -2.41. The molecule has 0 unspecified atom stereocenters. The third kappa shape index (κ3) is 4.46. The van der Waals surface area contributed by atoms with Crippen LogP contribution in [0, 0.1) is 11.3 Å². The highest BCUT2D eigenvalue weighted by Crippen LogP contribution is 2.31. The zero-order valence-corrected chi connectivity index (χ0v) is 16.7. The van der Waals surface area contributed by atoms with Crippen molar-refractivity contribution in [1.29, 1.82) is 0 Å². The SMILES string of the molecule is CC(C)C(=O)N1CCCN(c2nccc(N3CCCC(C)(C)C3)n2)CC1. The summed E-state index contributed by atoms with van der Waals surface area (Å²) in [5, 5.41) is 0. The van der Waals surface area contributed by atoms with Crippen molar-refractivity contribution in [1.82, 2.24) is 14.9 Å². The summed E-state index contributed by atoms with van der Waals surface area (Å²) in [7, 11) is 0. The maximum atomic E-state index is 12.3. The van der Waals surface area contributed by atoms with E-state index in [9.17, 15) is 4.79 Å². The summed E-state index contributed by atoms with van der Waals surface area (Å²) in [5.74, 6) is 2.13. The highest BCUT2D eigenvalue weighted by molar-refractivity contribution is 5.78. The molecule has 0 bridgehead atoms. The topological polar surface area (TPSA) is 52.6 Å². The molecule has 0 saturated carbocycles. The summed E-state index contributed by atoms with van der Waals surface area (Å²) >= 11 is 0. The normalized spacial score (nSPS) is 21.0. The molecule has 6 heteroatoms. The summed E-state index contributed by atoms with van der Waals surface area (Å²) in [4.78, 5) is 28.3. The van der Waals surface area contributed by atoms with Gasteiger partial charge < -0.3 is 14.7 Å². The lowest BCUT2D eigenvalue weighted by molar-refractivity contribution is -0.134. The number of aromatic nitrogens is 2. The number of carbonyl (C=O) groups is 1. The fourth-order valence-electron chi connectivity index (χ4n) is 3.99. The van der Waals surface area contributed by atoms with Crippen molar-refractivity contribution in [3.05, 3.63) is 12.3 Å². The average Bonchev–Trinajstić information content (AvgIpc) is 2.86. The molecule has 0 atom stereocenters. The van der Waals surface area contributed by atoms with Gasteiger partial charge in [0.2, 0.25) is 11.9 Å². The van der Waals surface area contributed by atoms with E-state index in [1.807, 2.05) is 31.0 Å². The molecular weight excluding hydrogens is 326 g/mol. The maximum absolute atomic E-state index is 12.3. The predicted octanol–water partition coefficient (Wildman–Crippen LogP) is 2.80. The first-order chi connectivity index (χ1) is 12.4. The molecule has 1 amide bonds. The monoisotopic (exact) mass is 359 g/mol. The van der Waals surface area contributed by atoms with Gasteiger partial charge in [0.25, 0.3) is 0 Å². The molecule has 2 saturated heterocycles. The predicted molar refractivity (Wildman–Crippen MR) is 106 cm³/mol. The number of piperidine rings is 1. The molecule has 0 spiro atoms. The van der Waals surface area contributed by atoms with Gasteiger partial charge in [0.15, 0.2) is 0 Å². The van der Waals surface area contributed by atoms with E-state index in [4.69, 9.17) is 4.98 Å². The number of anilines is 2. The minimum absolute atomic E-state index is 0.0589. The van der Waals surface area contributed by atoms with Gasteiger partial charge in [-0.15, -0.1) is 0 Å². The average molecular weight is 360 g/mol. The van der Waals surface area contributed by atoms with Crippen LogP contribution in [0.3, 0.4) is 0 Å². The van der Waals surface area contributed by atoms with E-state index >= 15 is 0 Å². The van der Waals surface area contributed by atoms with Gasteiger partial charge in [0, 0.05) is 51.4 Å².